The molecule has 0 radical (unpaired) electrons. The van der Waals surface area contributed by atoms with Crippen molar-refractivity contribution in [3.63, 3.8) is 0 Å². The van der Waals surface area contributed by atoms with Crippen LogP contribution in [0.2, 0.25) is 0 Å². The number of hydrogen-bond acceptors (Lipinski definition) is 4. The standard InChI is InChI=1S/C14H20N4O3/c1-16(2)14(20)18-7-5-17(6-8-18)13(19)11-9-12(21-15-11)10-3-4-10/h9-10H,3-8H2,1-2H3. The molecule has 1 aromatic heterocycles. The van der Waals surface area contributed by atoms with E-state index in [1.807, 2.05) is 0 Å². The Bertz CT molecular complexity index is 542. The van der Waals surface area contributed by atoms with Gasteiger partial charge in [-0.1, -0.05) is 5.16 Å². The summed E-state index contributed by atoms with van der Waals surface area (Å²) in [6.45, 7) is 2.17. The van der Waals surface area contributed by atoms with E-state index in [4.69, 9.17) is 4.52 Å². The molecule has 2 fully saturated rings. The van der Waals surface area contributed by atoms with E-state index in [9.17, 15) is 9.59 Å². The van der Waals surface area contributed by atoms with Gasteiger partial charge in [0.25, 0.3) is 5.91 Å². The van der Waals surface area contributed by atoms with E-state index in [-0.39, 0.29) is 11.9 Å². The van der Waals surface area contributed by atoms with Crippen molar-refractivity contribution in [2.45, 2.75) is 18.8 Å². The van der Waals surface area contributed by atoms with Gasteiger partial charge >= 0.3 is 6.03 Å². The fourth-order valence-corrected chi connectivity index (χ4v) is 2.50. The third-order valence-corrected chi connectivity index (χ3v) is 3.95. The number of aromatic nitrogens is 1. The van der Waals surface area contributed by atoms with Crippen molar-refractivity contribution in [1.82, 2.24) is 19.9 Å². The second kappa shape index (κ2) is 5.38. The quantitative estimate of drug-likeness (QED) is 0.815. The van der Waals surface area contributed by atoms with Crippen LogP contribution in [0.1, 0.15) is 35.0 Å². The largest absolute Gasteiger partial charge is 0.360 e. The fourth-order valence-electron chi connectivity index (χ4n) is 2.50. The van der Waals surface area contributed by atoms with Crippen molar-refractivity contribution in [1.29, 1.82) is 0 Å². The maximum atomic E-state index is 12.4. The number of nitrogens with zero attached hydrogens (tertiary/aromatic N) is 4. The normalized spacial score (nSPS) is 18.8. The highest BCUT2D eigenvalue weighted by Crippen LogP contribution is 2.40. The summed E-state index contributed by atoms with van der Waals surface area (Å²) in [5.74, 6) is 1.16. The van der Waals surface area contributed by atoms with Gasteiger partial charge in [-0.05, 0) is 12.8 Å². The number of carbonyl (C=O) groups is 2. The molecule has 21 heavy (non-hydrogen) atoms. The molecular formula is C14H20N4O3. The van der Waals surface area contributed by atoms with Gasteiger partial charge < -0.3 is 19.2 Å². The Morgan fingerprint density at radius 1 is 1.19 bits per heavy atom. The molecule has 0 spiro atoms. The van der Waals surface area contributed by atoms with Gasteiger partial charge in [0.05, 0.1) is 0 Å². The predicted molar refractivity (Wildman–Crippen MR) is 75.0 cm³/mol. The Hall–Kier alpha value is -2.05. The van der Waals surface area contributed by atoms with Gasteiger partial charge in [0.15, 0.2) is 5.69 Å². The molecule has 0 unspecified atom stereocenters. The molecule has 1 aliphatic carbocycles. The topological polar surface area (TPSA) is 69.9 Å². The van der Waals surface area contributed by atoms with Crippen LogP contribution in [-0.4, -0.2) is 72.1 Å². The molecule has 1 aliphatic heterocycles. The van der Waals surface area contributed by atoms with Gasteiger partial charge in [-0.3, -0.25) is 4.79 Å². The molecule has 7 nitrogen and oxygen atoms in total. The van der Waals surface area contributed by atoms with Gasteiger partial charge in [0.2, 0.25) is 0 Å². The average molecular weight is 292 g/mol. The zero-order valence-electron chi connectivity index (χ0n) is 12.4. The highest BCUT2D eigenvalue weighted by atomic mass is 16.5. The Morgan fingerprint density at radius 2 is 1.81 bits per heavy atom. The summed E-state index contributed by atoms with van der Waals surface area (Å²) in [5, 5.41) is 3.88. The van der Waals surface area contributed by atoms with Crippen LogP contribution in [-0.2, 0) is 0 Å². The molecule has 7 heteroatoms. The van der Waals surface area contributed by atoms with Crippen molar-refractivity contribution in [2.75, 3.05) is 40.3 Å². The maximum absolute atomic E-state index is 12.4. The molecule has 0 aromatic carbocycles. The van der Waals surface area contributed by atoms with E-state index in [0.717, 1.165) is 18.6 Å². The van der Waals surface area contributed by atoms with Crippen LogP contribution in [0, 0.1) is 0 Å². The minimum absolute atomic E-state index is 0.0143. The summed E-state index contributed by atoms with van der Waals surface area (Å²) in [4.78, 5) is 29.2. The molecule has 2 heterocycles. The molecule has 2 aliphatic rings. The van der Waals surface area contributed by atoms with Gasteiger partial charge in [0.1, 0.15) is 5.76 Å². The van der Waals surface area contributed by atoms with E-state index in [1.54, 1.807) is 34.9 Å². The van der Waals surface area contributed by atoms with Crippen molar-refractivity contribution in [2.24, 2.45) is 0 Å². The first-order valence-corrected chi connectivity index (χ1v) is 7.28. The lowest BCUT2D eigenvalue weighted by Crippen LogP contribution is -2.52. The first-order chi connectivity index (χ1) is 10.1. The van der Waals surface area contributed by atoms with Crippen LogP contribution >= 0.6 is 0 Å². The second-order valence-electron chi connectivity index (χ2n) is 5.85. The van der Waals surface area contributed by atoms with Crippen LogP contribution in [0.25, 0.3) is 0 Å². The van der Waals surface area contributed by atoms with E-state index in [2.05, 4.69) is 5.16 Å². The smallest absolute Gasteiger partial charge is 0.319 e. The molecule has 0 atom stereocenters. The molecule has 1 saturated heterocycles. The molecule has 3 rings (SSSR count). The number of rotatable bonds is 2. The van der Waals surface area contributed by atoms with Crippen LogP contribution in [0.3, 0.4) is 0 Å². The minimum Gasteiger partial charge on any atom is -0.360 e. The summed E-state index contributed by atoms with van der Waals surface area (Å²) in [5.41, 5.74) is 0.379. The first kappa shape index (κ1) is 13.9. The number of hydrogen-bond donors (Lipinski definition) is 0. The van der Waals surface area contributed by atoms with E-state index >= 15 is 0 Å². The van der Waals surface area contributed by atoms with Crippen molar-refractivity contribution in [3.8, 4) is 0 Å². The van der Waals surface area contributed by atoms with Gasteiger partial charge in [-0.2, -0.15) is 0 Å². The Kier molecular flexibility index (Phi) is 3.57. The third kappa shape index (κ3) is 2.86. The molecule has 3 amide bonds. The Morgan fingerprint density at radius 3 is 2.38 bits per heavy atom. The van der Waals surface area contributed by atoms with Crippen LogP contribution in [0.15, 0.2) is 10.6 Å². The van der Waals surface area contributed by atoms with Gasteiger partial charge in [-0.15, -0.1) is 0 Å². The zero-order chi connectivity index (χ0) is 15.0. The summed E-state index contributed by atoms with van der Waals surface area (Å²) < 4.78 is 5.22. The van der Waals surface area contributed by atoms with Crippen LogP contribution < -0.4 is 0 Å². The molecular weight excluding hydrogens is 272 g/mol. The summed E-state index contributed by atoms with van der Waals surface area (Å²) in [7, 11) is 3.46. The lowest BCUT2D eigenvalue weighted by Gasteiger charge is -2.35. The number of carbonyl (C=O) groups excluding carboxylic acids is 2. The molecule has 114 valence electrons. The van der Waals surface area contributed by atoms with E-state index in [1.165, 1.54) is 0 Å². The number of amides is 3. The van der Waals surface area contributed by atoms with Crippen LogP contribution in [0.5, 0.6) is 0 Å². The fraction of sp³-hybridized carbons (Fsp3) is 0.643. The van der Waals surface area contributed by atoms with E-state index in [0.29, 0.717) is 37.8 Å². The lowest BCUT2D eigenvalue weighted by atomic mass is 10.2. The van der Waals surface area contributed by atoms with Crippen molar-refractivity contribution >= 4 is 11.9 Å². The van der Waals surface area contributed by atoms with Crippen LogP contribution in [0.4, 0.5) is 4.79 Å². The minimum atomic E-state index is -0.109. The summed E-state index contributed by atoms with van der Waals surface area (Å²) >= 11 is 0. The summed E-state index contributed by atoms with van der Waals surface area (Å²) in [6.07, 6.45) is 2.24. The SMILES string of the molecule is CN(C)C(=O)N1CCN(C(=O)c2cc(C3CC3)on2)CC1. The van der Waals surface area contributed by atoms with Crippen molar-refractivity contribution in [3.05, 3.63) is 17.5 Å². The van der Waals surface area contributed by atoms with E-state index < -0.39 is 0 Å². The maximum Gasteiger partial charge on any atom is 0.319 e. The molecule has 0 bridgehead atoms. The monoisotopic (exact) mass is 292 g/mol. The van der Waals surface area contributed by atoms with Gasteiger partial charge in [-0.25, -0.2) is 4.79 Å². The Labute approximate surface area is 123 Å². The average Bonchev–Trinajstić information content (AvgIpc) is 3.23. The number of piperazine rings is 1. The third-order valence-electron chi connectivity index (χ3n) is 3.95. The highest BCUT2D eigenvalue weighted by molar-refractivity contribution is 5.92. The second-order valence-corrected chi connectivity index (χ2v) is 5.85. The predicted octanol–water partition coefficient (Wildman–Crippen LogP) is 0.991. The van der Waals surface area contributed by atoms with Crippen molar-refractivity contribution < 1.29 is 14.1 Å². The van der Waals surface area contributed by atoms with Gasteiger partial charge in [0, 0.05) is 52.3 Å². The summed E-state index contributed by atoms with van der Waals surface area (Å²) in [6, 6.07) is 1.75. The highest BCUT2D eigenvalue weighted by Gasteiger charge is 2.31. The first-order valence-electron chi connectivity index (χ1n) is 7.28. The Balaban J connectivity index is 1.58. The molecule has 0 N–H and O–H groups in total. The zero-order valence-corrected chi connectivity index (χ0v) is 12.4. The molecule has 1 aromatic rings. The lowest BCUT2D eigenvalue weighted by molar-refractivity contribution is 0.0640. The molecule has 1 saturated carbocycles. The number of urea groups is 1.